The molecule has 0 aliphatic heterocycles. The second-order valence-corrected chi connectivity index (χ2v) is 7.30. The fourth-order valence-electron chi connectivity index (χ4n) is 2.73. The lowest BCUT2D eigenvalue weighted by Gasteiger charge is -2.04. The first-order valence-corrected chi connectivity index (χ1v) is 9.55. The second kappa shape index (κ2) is 7.33. The van der Waals surface area contributed by atoms with Crippen LogP contribution in [-0.4, -0.2) is 41.4 Å². The lowest BCUT2D eigenvalue weighted by Crippen LogP contribution is -2.12. The number of hydrogen-bond donors (Lipinski definition) is 3. The molecule has 5 aromatic heterocycles. The van der Waals surface area contributed by atoms with E-state index >= 15 is 0 Å². The summed E-state index contributed by atoms with van der Waals surface area (Å²) in [4.78, 5) is 20.8. The van der Waals surface area contributed by atoms with Crippen molar-refractivity contribution < 1.29 is 9.32 Å². The van der Waals surface area contributed by atoms with Gasteiger partial charge >= 0.3 is 0 Å². The third-order valence-electron chi connectivity index (χ3n) is 4.18. The Balaban J connectivity index is 1.33. The van der Waals surface area contributed by atoms with Crippen LogP contribution in [0, 0.1) is 6.92 Å². The minimum Gasteiger partial charge on any atom is -0.351 e. The summed E-state index contributed by atoms with van der Waals surface area (Å²) in [5.41, 5.74) is 2.72. The molecule has 0 saturated carbocycles. The lowest BCUT2D eigenvalue weighted by molar-refractivity contribution is 0.0987. The van der Waals surface area contributed by atoms with E-state index in [9.17, 15) is 4.79 Å². The Bertz CT molecular complexity index is 1360. The van der Waals surface area contributed by atoms with Crippen LogP contribution in [0.3, 0.4) is 0 Å². The van der Waals surface area contributed by atoms with Gasteiger partial charge in [0.25, 0.3) is 5.91 Å². The van der Waals surface area contributed by atoms with Gasteiger partial charge in [0.2, 0.25) is 10.9 Å². The monoisotopic (exact) mass is 419 g/mol. The summed E-state index contributed by atoms with van der Waals surface area (Å²) < 4.78 is 4.97. The minimum absolute atomic E-state index is 0.157. The summed E-state index contributed by atoms with van der Waals surface area (Å²) in [5, 5.41) is 26.8. The van der Waals surface area contributed by atoms with Gasteiger partial charge in [-0.3, -0.25) is 14.9 Å². The van der Waals surface area contributed by atoms with E-state index in [1.165, 1.54) is 23.7 Å². The van der Waals surface area contributed by atoms with Gasteiger partial charge in [0, 0.05) is 22.7 Å². The van der Waals surface area contributed by atoms with Crippen LogP contribution in [0.25, 0.3) is 21.5 Å². The van der Waals surface area contributed by atoms with Crippen LogP contribution in [0.4, 0.5) is 16.6 Å². The molecule has 1 amide bonds. The quantitative estimate of drug-likeness (QED) is 0.390. The number of fused-ring (bicyclic) bond motifs is 1. The van der Waals surface area contributed by atoms with E-state index in [2.05, 4.69) is 46.2 Å². The fraction of sp³-hybridized carbons (Fsp3) is 0.0556. The SMILES string of the molecule is Cc1cnoc1C(=O)Nc1cncc(-c2nnc(Nc3cc4cn[nH]c4cn3)s2)c1. The molecule has 0 aromatic carbocycles. The highest BCUT2D eigenvalue weighted by Gasteiger charge is 2.15. The molecule has 11 nitrogen and oxygen atoms in total. The van der Waals surface area contributed by atoms with Crippen LogP contribution in [0.15, 0.2) is 47.6 Å². The first-order chi connectivity index (χ1) is 14.7. The van der Waals surface area contributed by atoms with Crippen molar-refractivity contribution in [1.82, 2.24) is 35.5 Å². The number of aryl methyl sites for hydroxylation is 1. The predicted molar refractivity (Wildman–Crippen MR) is 110 cm³/mol. The lowest BCUT2D eigenvalue weighted by atomic mass is 10.2. The van der Waals surface area contributed by atoms with Crippen molar-refractivity contribution >= 4 is 44.8 Å². The normalized spacial score (nSPS) is 11.0. The number of H-pyrrole nitrogens is 1. The topological polar surface area (TPSA) is 147 Å². The molecule has 0 bridgehead atoms. The van der Waals surface area contributed by atoms with Crippen molar-refractivity contribution in [3.63, 3.8) is 0 Å². The molecule has 0 spiro atoms. The molecule has 0 aliphatic carbocycles. The van der Waals surface area contributed by atoms with E-state index in [0.29, 0.717) is 32.8 Å². The molecular formula is C18H13N9O2S. The predicted octanol–water partition coefficient (Wildman–Crippen LogP) is 3.16. The maximum Gasteiger partial charge on any atom is 0.294 e. The zero-order chi connectivity index (χ0) is 20.5. The van der Waals surface area contributed by atoms with Crippen LogP contribution in [-0.2, 0) is 0 Å². The van der Waals surface area contributed by atoms with Crippen LogP contribution >= 0.6 is 11.3 Å². The molecule has 0 fully saturated rings. The summed E-state index contributed by atoms with van der Waals surface area (Å²) >= 11 is 1.34. The summed E-state index contributed by atoms with van der Waals surface area (Å²) in [6.07, 6.45) is 8.09. The van der Waals surface area contributed by atoms with Crippen molar-refractivity contribution in [1.29, 1.82) is 0 Å². The van der Waals surface area contributed by atoms with E-state index in [1.807, 2.05) is 6.07 Å². The average Bonchev–Trinajstić information content (AvgIpc) is 3.48. The van der Waals surface area contributed by atoms with Gasteiger partial charge in [-0.2, -0.15) is 5.10 Å². The van der Waals surface area contributed by atoms with E-state index in [1.54, 1.807) is 31.6 Å². The molecule has 0 atom stereocenters. The Labute approximate surface area is 172 Å². The number of pyridine rings is 2. The Morgan fingerprint density at radius 1 is 1.13 bits per heavy atom. The molecule has 0 radical (unpaired) electrons. The third-order valence-corrected chi connectivity index (χ3v) is 5.07. The molecule has 3 N–H and O–H groups in total. The molecule has 5 heterocycles. The van der Waals surface area contributed by atoms with Gasteiger partial charge in [0.15, 0.2) is 5.01 Å². The van der Waals surface area contributed by atoms with Crippen LogP contribution in [0.1, 0.15) is 16.1 Å². The van der Waals surface area contributed by atoms with Gasteiger partial charge in [0.1, 0.15) is 5.82 Å². The number of rotatable bonds is 5. The minimum atomic E-state index is -0.399. The molecule has 5 rings (SSSR count). The number of aromatic nitrogens is 7. The number of carbonyl (C=O) groups is 1. The second-order valence-electron chi connectivity index (χ2n) is 6.32. The number of carbonyl (C=O) groups excluding carboxylic acids is 1. The molecule has 30 heavy (non-hydrogen) atoms. The number of amides is 1. The van der Waals surface area contributed by atoms with Crippen molar-refractivity contribution in [3.05, 3.63) is 54.4 Å². The highest BCUT2D eigenvalue weighted by Crippen LogP contribution is 2.29. The number of aromatic amines is 1. The highest BCUT2D eigenvalue weighted by molar-refractivity contribution is 7.18. The van der Waals surface area contributed by atoms with Gasteiger partial charge < -0.3 is 15.2 Å². The highest BCUT2D eigenvalue weighted by atomic mass is 32.1. The Kier molecular flexibility index (Phi) is 4.37. The maximum absolute atomic E-state index is 12.3. The van der Waals surface area contributed by atoms with Gasteiger partial charge in [-0.05, 0) is 19.1 Å². The standard InChI is InChI=1S/C18H13N9O2S/c1-9-4-22-29-15(9)16(28)23-12-2-11(5-19-7-12)17-26-27-18(30-17)24-14-3-10-6-21-25-13(10)8-20-14/h2-8H,1H3,(H,21,25)(H,23,28)(H,20,24,27). The van der Waals surface area contributed by atoms with Gasteiger partial charge in [-0.15, -0.1) is 10.2 Å². The number of hydrogen-bond acceptors (Lipinski definition) is 10. The molecular weight excluding hydrogens is 406 g/mol. The zero-order valence-electron chi connectivity index (χ0n) is 15.4. The van der Waals surface area contributed by atoms with Gasteiger partial charge in [0.05, 0.1) is 36.0 Å². The van der Waals surface area contributed by atoms with Crippen molar-refractivity contribution in [3.8, 4) is 10.6 Å². The Morgan fingerprint density at radius 2 is 2.07 bits per heavy atom. The smallest absolute Gasteiger partial charge is 0.294 e. The Morgan fingerprint density at radius 3 is 2.93 bits per heavy atom. The summed E-state index contributed by atoms with van der Waals surface area (Å²) in [5.74, 6) is 0.391. The van der Waals surface area contributed by atoms with Gasteiger partial charge in [-0.1, -0.05) is 16.5 Å². The number of nitrogens with zero attached hydrogens (tertiary/aromatic N) is 6. The first-order valence-electron chi connectivity index (χ1n) is 8.73. The largest absolute Gasteiger partial charge is 0.351 e. The molecule has 148 valence electrons. The van der Waals surface area contributed by atoms with Crippen LogP contribution < -0.4 is 10.6 Å². The molecule has 12 heteroatoms. The van der Waals surface area contributed by atoms with Crippen molar-refractivity contribution in [2.75, 3.05) is 10.6 Å². The first kappa shape index (κ1) is 17.9. The summed E-state index contributed by atoms with van der Waals surface area (Å²) in [7, 11) is 0. The van der Waals surface area contributed by atoms with Crippen LogP contribution in [0.5, 0.6) is 0 Å². The fourth-order valence-corrected chi connectivity index (χ4v) is 3.46. The van der Waals surface area contributed by atoms with E-state index < -0.39 is 5.91 Å². The van der Waals surface area contributed by atoms with Crippen molar-refractivity contribution in [2.45, 2.75) is 6.92 Å². The van der Waals surface area contributed by atoms with E-state index in [0.717, 1.165) is 10.9 Å². The molecule has 5 aromatic rings. The average molecular weight is 419 g/mol. The van der Waals surface area contributed by atoms with E-state index in [-0.39, 0.29) is 5.76 Å². The summed E-state index contributed by atoms with van der Waals surface area (Å²) in [6, 6.07) is 3.62. The number of nitrogens with one attached hydrogen (secondary N) is 3. The van der Waals surface area contributed by atoms with Gasteiger partial charge in [-0.25, -0.2) is 4.98 Å². The summed E-state index contributed by atoms with van der Waals surface area (Å²) in [6.45, 7) is 1.75. The van der Waals surface area contributed by atoms with E-state index in [4.69, 9.17) is 4.52 Å². The van der Waals surface area contributed by atoms with Crippen molar-refractivity contribution in [2.24, 2.45) is 0 Å². The third kappa shape index (κ3) is 3.46. The van der Waals surface area contributed by atoms with Crippen LogP contribution in [0.2, 0.25) is 0 Å². The molecule has 0 unspecified atom stereocenters. The number of anilines is 3. The Hall–Kier alpha value is -4.19. The zero-order valence-corrected chi connectivity index (χ0v) is 16.3. The molecule has 0 aliphatic rings. The maximum atomic E-state index is 12.3. The molecule has 0 saturated heterocycles.